The lowest BCUT2D eigenvalue weighted by Crippen LogP contribution is -2.16. The summed E-state index contributed by atoms with van der Waals surface area (Å²) in [4.78, 5) is 3.07. The van der Waals surface area contributed by atoms with Crippen molar-refractivity contribution in [1.29, 1.82) is 0 Å². The highest BCUT2D eigenvalue weighted by molar-refractivity contribution is 5.83. The Kier molecular flexibility index (Phi) is 6.71. The second kappa shape index (κ2) is 9.41. The van der Waals surface area contributed by atoms with Gasteiger partial charge in [0.05, 0.1) is 0 Å². The van der Waals surface area contributed by atoms with Crippen LogP contribution in [0.1, 0.15) is 11.1 Å². The molecule has 0 radical (unpaired) electrons. The molecule has 0 unspecified atom stereocenters. The number of rotatable bonds is 9. The van der Waals surface area contributed by atoms with Crippen LogP contribution in [0.25, 0.3) is 10.9 Å². The van der Waals surface area contributed by atoms with Gasteiger partial charge in [0.25, 0.3) is 6.43 Å². The average Bonchev–Trinajstić information content (AvgIpc) is 3.07. The van der Waals surface area contributed by atoms with Gasteiger partial charge in [-0.15, -0.1) is 0 Å². The molecule has 0 fully saturated rings. The maximum absolute atomic E-state index is 13.2. The molecule has 0 saturated heterocycles. The summed E-state index contributed by atoms with van der Waals surface area (Å²) in [5.41, 5.74) is 2.83. The zero-order chi connectivity index (χ0) is 19.9. The lowest BCUT2D eigenvalue weighted by atomic mass is 10.1. The third-order valence-electron chi connectivity index (χ3n) is 4.26. The van der Waals surface area contributed by atoms with Gasteiger partial charge >= 0.3 is 0 Å². The van der Waals surface area contributed by atoms with Crippen LogP contribution in [0.2, 0.25) is 0 Å². The minimum atomic E-state index is -3.12. The van der Waals surface area contributed by atoms with E-state index < -0.39 is 12.3 Å². The van der Waals surface area contributed by atoms with E-state index in [0.29, 0.717) is 12.3 Å². The molecule has 3 nitrogen and oxygen atoms in total. The molecule has 1 heterocycles. The number of aromatic amines is 1. The van der Waals surface area contributed by atoms with Crippen molar-refractivity contribution in [3.05, 3.63) is 77.5 Å². The molecule has 0 aliphatic heterocycles. The molecule has 3 rings (SSSR count). The number of hydrogen-bond acceptors (Lipinski definition) is 2. The largest absolute Gasteiger partial charge is 0.489 e. The average molecular weight is 392 g/mol. The quantitative estimate of drug-likeness (QED) is 0.391. The normalized spacial score (nSPS) is 12.1. The topological polar surface area (TPSA) is 37.0 Å². The van der Waals surface area contributed by atoms with Crippen LogP contribution in [-0.4, -0.2) is 24.6 Å². The Morgan fingerprint density at radius 1 is 1.18 bits per heavy atom. The second-order valence-electron chi connectivity index (χ2n) is 6.28. The molecule has 0 bridgehead atoms. The minimum Gasteiger partial charge on any atom is -0.489 e. The van der Waals surface area contributed by atoms with Crippen molar-refractivity contribution in [3.8, 4) is 5.75 Å². The molecule has 3 aromatic rings. The molecule has 0 spiro atoms. The number of benzene rings is 2. The van der Waals surface area contributed by atoms with Gasteiger partial charge in [0.2, 0.25) is 0 Å². The van der Waals surface area contributed by atoms with Gasteiger partial charge in [-0.25, -0.2) is 17.6 Å². The molecular weight excluding hydrogens is 372 g/mol. The van der Waals surface area contributed by atoms with Crippen LogP contribution < -0.4 is 10.1 Å². The Labute approximate surface area is 160 Å². The number of aromatic nitrogens is 1. The fourth-order valence-corrected chi connectivity index (χ4v) is 2.87. The van der Waals surface area contributed by atoms with E-state index in [4.69, 9.17) is 4.74 Å². The van der Waals surface area contributed by atoms with E-state index in [0.717, 1.165) is 41.1 Å². The van der Waals surface area contributed by atoms with E-state index in [1.165, 1.54) is 12.1 Å². The van der Waals surface area contributed by atoms with E-state index in [2.05, 4.69) is 10.3 Å². The van der Waals surface area contributed by atoms with Gasteiger partial charge in [0, 0.05) is 23.6 Å². The number of fused-ring (bicyclic) bond motifs is 1. The van der Waals surface area contributed by atoms with Crippen molar-refractivity contribution in [1.82, 2.24) is 10.3 Å². The first-order valence-corrected chi connectivity index (χ1v) is 8.84. The molecule has 0 saturated carbocycles. The maximum atomic E-state index is 13.2. The van der Waals surface area contributed by atoms with E-state index in [-0.39, 0.29) is 12.4 Å². The van der Waals surface area contributed by atoms with Crippen molar-refractivity contribution in [3.63, 3.8) is 0 Å². The van der Waals surface area contributed by atoms with Crippen molar-refractivity contribution < 1.29 is 22.3 Å². The van der Waals surface area contributed by atoms with Gasteiger partial charge < -0.3 is 15.0 Å². The number of H-pyrrole nitrogens is 1. The number of allylic oxidation sites excluding steroid dienone is 1. The molecule has 1 aromatic heterocycles. The van der Waals surface area contributed by atoms with E-state index >= 15 is 0 Å². The molecule has 28 heavy (non-hydrogen) atoms. The summed E-state index contributed by atoms with van der Waals surface area (Å²) >= 11 is 0. The third-order valence-corrected chi connectivity index (χ3v) is 4.26. The molecule has 0 aliphatic rings. The monoisotopic (exact) mass is 392 g/mol. The van der Waals surface area contributed by atoms with Gasteiger partial charge in [0.15, 0.2) is 5.83 Å². The fourth-order valence-electron chi connectivity index (χ4n) is 2.87. The van der Waals surface area contributed by atoms with Crippen molar-refractivity contribution in [2.45, 2.75) is 19.4 Å². The Balaban J connectivity index is 1.47. The number of nitrogens with one attached hydrogen (secondary N) is 2. The highest BCUT2D eigenvalue weighted by Gasteiger charge is 2.09. The third kappa shape index (κ3) is 5.36. The molecule has 2 aromatic carbocycles. The van der Waals surface area contributed by atoms with Gasteiger partial charge in [-0.1, -0.05) is 12.1 Å². The highest BCUT2D eigenvalue weighted by atomic mass is 19.3. The summed E-state index contributed by atoms with van der Waals surface area (Å²) in [6.45, 7) is 1.06. The molecule has 0 atom stereocenters. The Morgan fingerprint density at radius 3 is 2.86 bits per heavy atom. The van der Waals surface area contributed by atoms with Crippen molar-refractivity contribution in [2.75, 3.05) is 13.2 Å². The van der Waals surface area contributed by atoms with Crippen LogP contribution in [0.3, 0.4) is 0 Å². The second-order valence-corrected chi connectivity index (χ2v) is 6.28. The zero-order valence-electron chi connectivity index (χ0n) is 15.0. The summed E-state index contributed by atoms with van der Waals surface area (Å²) < 4.78 is 55.4. The van der Waals surface area contributed by atoms with E-state index in [1.807, 2.05) is 12.3 Å². The molecule has 148 valence electrons. The predicted molar refractivity (Wildman–Crippen MR) is 101 cm³/mol. The standard InChI is InChI=1S/C21H20F4N2O/c22-16-4-5-18-15(13-27-20(18)11-16)6-8-26-12-14-2-1-3-17(10-14)28-9-7-19(23)21(24)25/h1-5,7,10-11,13,21,26-27H,6,8-9,12H2/b19-7+. The fraction of sp³-hybridized carbons (Fsp3) is 0.238. The number of ether oxygens (including phenoxy) is 1. The summed E-state index contributed by atoms with van der Waals surface area (Å²) in [5, 5.41) is 4.32. The van der Waals surface area contributed by atoms with Crippen molar-refractivity contribution >= 4 is 10.9 Å². The lowest BCUT2D eigenvalue weighted by molar-refractivity contribution is 0.157. The first-order valence-electron chi connectivity index (χ1n) is 8.84. The summed E-state index contributed by atoms with van der Waals surface area (Å²) in [6, 6.07) is 11.8. The first kappa shape index (κ1) is 19.9. The van der Waals surface area contributed by atoms with Crippen LogP contribution in [0.5, 0.6) is 5.75 Å². The number of halogens is 4. The van der Waals surface area contributed by atoms with Crippen molar-refractivity contribution in [2.24, 2.45) is 0 Å². The van der Waals surface area contributed by atoms with Crippen LogP contribution in [0.15, 0.2) is 60.6 Å². The van der Waals surface area contributed by atoms with Crippen LogP contribution >= 0.6 is 0 Å². The van der Waals surface area contributed by atoms with Gasteiger partial charge in [0.1, 0.15) is 18.2 Å². The lowest BCUT2D eigenvalue weighted by Gasteiger charge is -2.08. The molecular formula is C21H20F4N2O. The zero-order valence-corrected chi connectivity index (χ0v) is 15.0. The molecule has 0 amide bonds. The molecule has 2 N–H and O–H groups in total. The number of alkyl halides is 2. The summed E-state index contributed by atoms with van der Waals surface area (Å²) in [6.07, 6.45) is 0.268. The number of hydrogen-bond donors (Lipinski definition) is 2. The van der Waals surface area contributed by atoms with Crippen LogP contribution in [0.4, 0.5) is 17.6 Å². The summed E-state index contributed by atoms with van der Waals surface area (Å²) in [7, 11) is 0. The Hall–Kier alpha value is -2.80. The first-order chi connectivity index (χ1) is 13.5. The molecule has 0 aliphatic carbocycles. The molecule has 7 heteroatoms. The Bertz CT molecular complexity index is 952. The highest BCUT2D eigenvalue weighted by Crippen LogP contribution is 2.19. The van der Waals surface area contributed by atoms with Gasteiger partial charge in [-0.3, -0.25) is 0 Å². The summed E-state index contributed by atoms with van der Waals surface area (Å²) in [5.74, 6) is -1.28. The Morgan fingerprint density at radius 2 is 2.04 bits per heavy atom. The predicted octanol–water partition coefficient (Wildman–Crippen LogP) is 5.14. The van der Waals surface area contributed by atoms with Gasteiger partial charge in [-0.2, -0.15) is 0 Å². The smallest absolute Gasteiger partial charge is 0.289 e. The SMILES string of the molecule is F/C(=C/COc1cccc(CNCCc2c[nH]c3cc(F)ccc23)c1)C(F)F. The minimum absolute atomic E-state index is 0.256. The van der Waals surface area contributed by atoms with E-state index in [1.54, 1.807) is 24.3 Å². The van der Waals surface area contributed by atoms with Crippen LogP contribution in [0, 0.1) is 5.82 Å². The maximum Gasteiger partial charge on any atom is 0.289 e. The van der Waals surface area contributed by atoms with E-state index in [9.17, 15) is 17.6 Å². The van der Waals surface area contributed by atoms with Crippen LogP contribution in [-0.2, 0) is 13.0 Å². The van der Waals surface area contributed by atoms with Gasteiger partial charge in [-0.05, 0) is 60.5 Å².